The van der Waals surface area contributed by atoms with Crippen LogP contribution in [0.2, 0.25) is 0 Å². The van der Waals surface area contributed by atoms with Crippen LogP contribution < -0.4 is 5.32 Å². The Morgan fingerprint density at radius 1 is 1.53 bits per heavy atom. The largest absolute Gasteiger partial charge is 0.354 e. The van der Waals surface area contributed by atoms with E-state index in [1.165, 1.54) is 0 Å². The summed E-state index contributed by atoms with van der Waals surface area (Å²) in [4.78, 5) is 4.31. The number of nitrogens with zero attached hydrogens (tertiary/aromatic N) is 2. The Kier molecular flexibility index (Phi) is 4.51. The molecule has 0 aliphatic rings. The summed E-state index contributed by atoms with van der Waals surface area (Å²) in [6, 6.07) is 0. The highest BCUT2D eigenvalue weighted by Crippen LogP contribution is 2.21. The van der Waals surface area contributed by atoms with Crippen LogP contribution in [0.5, 0.6) is 0 Å². The van der Waals surface area contributed by atoms with E-state index >= 15 is 0 Å². The summed E-state index contributed by atoms with van der Waals surface area (Å²) >= 11 is 1.87. The Hall–Kier alpha value is -0.640. The number of nitrogens with one attached hydrogen (secondary N) is 1. The van der Waals surface area contributed by atoms with Gasteiger partial charge >= 0.3 is 0 Å². The van der Waals surface area contributed by atoms with E-state index < -0.39 is 0 Å². The molecule has 0 fully saturated rings. The van der Waals surface area contributed by atoms with Gasteiger partial charge in [0.05, 0.1) is 0 Å². The standard InChI is InChI=1S/C11H21N3S/c1-5-7-14-8-6-12-10(14)13-9-11(2,3)15-4/h6,8H,5,7,9H2,1-4H3,(H,12,13). The number of hydrogen-bond donors (Lipinski definition) is 1. The Labute approximate surface area is 96.7 Å². The molecule has 4 heteroatoms. The summed E-state index contributed by atoms with van der Waals surface area (Å²) in [5, 5.41) is 3.40. The lowest BCUT2D eigenvalue weighted by Crippen LogP contribution is -2.27. The minimum absolute atomic E-state index is 0.253. The van der Waals surface area contributed by atoms with Crippen molar-refractivity contribution in [2.75, 3.05) is 18.1 Å². The molecule has 0 amide bonds. The van der Waals surface area contributed by atoms with Gasteiger partial charge in [-0.2, -0.15) is 11.8 Å². The lowest BCUT2D eigenvalue weighted by atomic mass is 10.2. The molecule has 0 aliphatic heterocycles. The number of rotatable bonds is 6. The fourth-order valence-corrected chi connectivity index (χ4v) is 1.48. The molecule has 1 aromatic heterocycles. The first kappa shape index (κ1) is 12.4. The fraction of sp³-hybridized carbons (Fsp3) is 0.727. The van der Waals surface area contributed by atoms with Gasteiger partial charge in [0.2, 0.25) is 5.95 Å². The number of thioether (sulfide) groups is 1. The van der Waals surface area contributed by atoms with E-state index in [1.807, 2.05) is 24.2 Å². The molecule has 0 aliphatic carbocycles. The number of hydrogen-bond acceptors (Lipinski definition) is 3. The van der Waals surface area contributed by atoms with Gasteiger partial charge in [0, 0.05) is 30.2 Å². The van der Waals surface area contributed by atoms with Crippen molar-refractivity contribution in [3.63, 3.8) is 0 Å². The average molecular weight is 227 g/mol. The quantitative estimate of drug-likeness (QED) is 0.810. The zero-order valence-electron chi connectivity index (χ0n) is 10.1. The third kappa shape index (κ3) is 3.78. The molecule has 0 radical (unpaired) electrons. The van der Waals surface area contributed by atoms with Gasteiger partial charge in [-0.3, -0.25) is 0 Å². The molecule has 0 unspecified atom stereocenters. The summed E-state index contributed by atoms with van der Waals surface area (Å²) in [5.41, 5.74) is 0. The SMILES string of the molecule is CCCn1ccnc1NCC(C)(C)SC. The van der Waals surface area contributed by atoms with Crippen LogP contribution in [0, 0.1) is 0 Å². The Morgan fingerprint density at radius 3 is 2.87 bits per heavy atom. The average Bonchev–Trinajstić information content (AvgIpc) is 2.64. The fourth-order valence-electron chi connectivity index (χ4n) is 1.26. The van der Waals surface area contributed by atoms with Gasteiger partial charge in [0.15, 0.2) is 0 Å². The summed E-state index contributed by atoms with van der Waals surface area (Å²) in [6.07, 6.45) is 7.15. The Morgan fingerprint density at radius 2 is 2.27 bits per heavy atom. The van der Waals surface area contributed by atoms with Gasteiger partial charge in [-0.25, -0.2) is 4.98 Å². The third-order valence-electron chi connectivity index (χ3n) is 2.40. The summed E-state index contributed by atoms with van der Waals surface area (Å²) in [6.45, 7) is 8.61. The highest BCUT2D eigenvalue weighted by atomic mass is 32.2. The van der Waals surface area contributed by atoms with E-state index in [0.29, 0.717) is 0 Å². The summed E-state index contributed by atoms with van der Waals surface area (Å²) < 4.78 is 2.42. The van der Waals surface area contributed by atoms with E-state index in [2.05, 4.69) is 41.9 Å². The Balaban J connectivity index is 2.53. The molecule has 86 valence electrons. The third-order valence-corrected chi connectivity index (χ3v) is 3.65. The van der Waals surface area contributed by atoms with Gasteiger partial charge in [-0.05, 0) is 26.5 Å². The summed E-state index contributed by atoms with van der Waals surface area (Å²) in [5.74, 6) is 0.985. The van der Waals surface area contributed by atoms with Crippen molar-refractivity contribution in [1.82, 2.24) is 9.55 Å². The molecule has 0 saturated carbocycles. The smallest absolute Gasteiger partial charge is 0.202 e. The summed E-state index contributed by atoms with van der Waals surface area (Å²) in [7, 11) is 0. The van der Waals surface area contributed by atoms with Gasteiger partial charge in [-0.15, -0.1) is 0 Å². The van der Waals surface area contributed by atoms with Crippen LogP contribution in [0.3, 0.4) is 0 Å². The maximum absolute atomic E-state index is 4.31. The van der Waals surface area contributed by atoms with E-state index in [0.717, 1.165) is 25.5 Å². The van der Waals surface area contributed by atoms with Crippen molar-refractivity contribution in [1.29, 1.82) is 0 Å². The minimum Gasteiger partial charge on any atom is -0.354 e. The monoisotopic (exact) mass is 227 g/mol. The zero-order chi connectivity index (χ0) is 11.3. The number of aromatic nitrogens is 2. The maximum Gasteiger partial charge on any atom is 0.202 e. The van der Waals surface area contributed by atoms with E-state index in [1.54, 1.807) is 0 Å². The first-order chi connectivity index (χ1) is 7.09. The molecular weight excluding hydrogens is 206 g/mol. The Bertz CT molecular complexity index is 294. The molecular formula is C11H21N3S. The molecule has 0 saturated heterocycles. The second-order valence-electron chi connectivity index (χ2n) is 4.26. The van der Waals surface area contributed by atoms with Gasteiger partial charge < -0.3 is 9.88 Å². The highest BCUT2D eigenvalue weighted by molar-refractivity contribution is 7.99. The van der Waals surface area contributed by atoms with Crippen molar-refractivity contribution in [3.05, 3.63) is 12.4 Å². The van der Waals surface area contributed by atoms with Gasteiger partial charge in [0.1, 0.15) is 0 Å². The topological polar surface area (TPSA) is 29.9 Å². The van der Waals surface area contributed by atoms with Crippen LogP contribution in [0.1, 0.15) is 27.2 Å². The van der Waals surface area contributed by atoms with Crippen LogP contribution in [0.25, 0.3) is 0 Å². The van der Waals surface area contributed by atoms with Crippen molar-refractivity contribution in [2.24, 2.45) is 0 Å². The molecule has 1 N–H and O–H groups in total. The first-order valence-electron chi connectivity index (χ1n) is 5.39. The van der Waals surface area contributed by atoms with Crippen LogP contribution in [0.15, 0.2) is 12.4 Å². The molecule has 1 heterocycles. The maximum atomic E-state index is 4.31. The number of aryl methyl sites for hydroxylation is 1. The predicted octanol–water partition coefficient (Wildman–Crippen LogP) is 2.85. The lowest BCUT2D eigenvalue weighted by molar-refractivity contribution is 0.672. The molecule has 0 atom stereocenters. The number of anilines is 1. The second kappa shape index (κ2) is 5.45. The molecule has 3 nitrogen and oxygen atoms in total. The van der Waals surface area contributed by atoms with Gasteiger partial charge in [0.25, 0.3) is 0 Å². The van der Waals surface area contributed by atoms with E-state index in [-0.39, 0.29) is 4.75 Å². The molecule has 0 bridgehead atoms. The number of imidazole rings is 1. The van der Waals surface area contributed by atoms with E-state index in [9.17, 15) is 0 Å². The minimum atomic E-state index is 0.253. The van der Waals surface area contributed by atoms with Crippen molar-refractivity contribution in [3.8, 4) is 0 Å². The van der Waals surface area contributed by atoms with Crippen molar-refractivity contribution >= 4 is 17.7 Å². The normalized spacial score (nSPS) is 11.7. The lowest BCUT2D eigenvalue weighted by Gasteiger charge is -2.22. The predicted molar refractivity (Wildman–Crippen MR) is 68.6 cm³/mol. The van der Waals surface area contributed by atoms with E-state index in [4.69, 9.17) is 0 Å². The highest BCUT2D eigenvalue weighted by Gasteiger charge is 2.16. The second-order valence-corrected chi connectivity index (χ2v) is 5.78. The van der Waals surface area contributed by atoms with Crippen LogP contribution >= 0.6 is 11.8 Å². The first-order valence-corrected chi connectivity index (χ1v) is 6.61. The van der Waals surface area contributed by atoms with Crippen LogP contribution in [0.4, 0.5) is 5.95 Å². The molecule has 0 aromatic carbocycles. The molecule has 0 spiro atoms. The molecule has 15 heavy (non-hydrogen) atoms. The van der Waals surface area contributed by atoms with Crippen LogP contribution in [-0.2, 0) is 6.54 Å². The zero-order valence-corrected chi connectivity index (χ0v) is 10.9. The molecule has 1 rings (SSSR count). The molecule has 1 aromatic rings. The van der Waals surface area contributed by atoms with Crippen molar-refractivity contribution in [2.45, 2.75) is 38.5 Å². The van der Waals surface area contributed by atoms with Crippen molar-refractivity contribution < 1.29 is 0 Å². The van der Waals surface area contributed by atoms with Crippen LogP contribution in [-0.4, -0.2) is 27.1 Å². The van der Waals surface area contributed by atoms with Gasteiger partial charge in [-0.1, -0.05) is 6.92 Å².